The van der Waals surface area contributed by atoms with Gasteiger partial charge in [0.1, 0.15) is 66.9 Å². The number of unbranched alkanes of at least 4 members (excludes halogenated alkanes) is 5. The summed E-state index contributed by atoms with van der Waals surface area (Å²) in [6.45, 7) is -1.66. The van der Waals surface area contributed by atoms with Gasteiger partial charge in [0.2, 0.25) is 0 Å². The molecule has 0 aromatic heterocycles. The number of ether oxygens (including phenoxy) is 6. The maximum absolute atomic E-state index is 12.8. The van der Waals surface area contributed by atoms with Crippen LogP contribution in [0.5, 0.6) is 11.5 Å². The van der Waals surface area contributed by atoms with Crippen molar-refractivity contribution in [2.45, 2.75) is 113 Å². The van der Waals surface area contributed by atoms with Gasteiger partial charge < -0.3 is 74.6 Å². The molecule has 3 rings (SSSR count). The van der Waals surface area contributed by atoms with Crippen LogP contribution in [0, 0.1) is 0 Å². The van der Waals surface area contributed by atoms with Gasteiger partial charge in [0.25, 0.3) is 0 Å². The molecule has 0 spiro atoms. The largest absolute Gasteiger partial charge is 0.508 e. The first kappa shape index (κ1) is 38.6. The van der Waals surface area contributed by atoms with Crippen LogP contribution in [0.25, 0.3) is 0 Å². The Morgan fingerprint density at radius 2 is 1.40 bits per heavy atom. The Hall–Kier alpha value is -2.84. The molecule has 0 aliphatic carbocycles. The van der Waals surface area contributed by atoms with Gasteiger partial charge in [-0.15, -0.1) is 0 Å². The SMILES string of the molecule is COC(=O)CCCCCCCCO[C@@H]1OC(CO)[C@H](OC2OC(CO)[C@@H](O)C(O)C2O)C(O)C1NC(=O)OCc1cc(O)cc(O)c1. The second kappa shape index (κ2) is 19.2. The summed E-state index contributed by atoms with van der Waals surface area (Å²) >= 11 is 0. The molecule has 1 aromatic carbocycles. The van der Waals surface area contributed by atoms with Crippen molar-refractivity contribution in [3.8, 4) is 11.5 Å². The number of alkyl carbamates (subject to hydrolysis) is 1. The first-order chi connectivity index (χ1) is 22.5. The predicted molar refractivity (Wildman–Crippen MR) is 158 cm³/mol. The number of esters is 1. The highest BCUT2D eigenvalue weighted by Crippen LogP contribution is 2.30. The summed E-state index contributed by atoms with van der Waals surface area (Å²) in [5, 5.41) is 83.5. The normalized spacial score (nSPS) is 30.9. The second-order valence-corrected chi connectivity index (χ2v) is 11.4. The van der Waals surface area contributed by atoms with Gasteiger partial charge >= 0.3 is 12.1 Å². The van der Waals surface area contributed by atoms with Crippen LogP contribution < -0.4 is 5.32 Å². The van der Waals surface area contributed by atoms with Crippen LogP contribution in [0.1, 0.15) is 50.5 Å². The number of nitrogens with one attached hydrogen (secondary N) is 1. The summed E-state index contributed by atoms with van der Waals surface area (Å²) in [4.78, 5) is 24.0. The third kappa shape index (κ3) is 11.4. The summed E-state index contributed by atoms with van der Waals surface area (Å²) in [5.41, 5.74) is 0.264. The lowest BCUT2D eigenvalue weighted by Crippen LogP contribution is -2.67. The number of hydrogen-bond acceptors (Lipinski definition) is 16. The maximum Gasteiger partial charge on any atom is 0.407 e. The van der Waals surface area contributed by atoms with E-state index in [1.165, 1.54) is 19.2 Å². The summed E-state index contributed by atoms with van der Waals surface area (Å²) in [6.07, 6.45) is -9.97. The molecular weight excluding hydrogens is 630 g/mol. The molecule has 2 saturated heterocycles. The van der Waals surface area contributed by atoms with Gasteiger partial charge in [0.05, 0.1) is 20.3 Å². The quantitative estimate of drug-likeness (QED) is 0.0698. The van der Waals surface area contributed by atoms with Gasteiger partial charge in [0.15, 0.2) is 12.6 Å². The van der Waals surface area contributed by atoms with Crippen molar-refractivity contribution < 1.29 is 78.9 Å². The average molecular weight is 678 g/mol. The Morgan fingerprint density at radius 1 is 0.787 bits per heavy atom. The number of methoxy groups -OCH3 is 1. The Balaban J connectivity index is 1.65. The van der Waals surface area contributed by atoms with Crippen LogP contribution in [-0.2, 0) is 39.8 Å². The predicted octanol–water partition coefficient (Wildman–Crippen LogP) is -1.12. The second-order valence-electron chi connectivity index (χ2n) is 11.4. The molecule has 9 N–H and O–H groups in total. The molecular formula is C30H47NO16. The van der Waals surface area contributed by atoms with Gasteiger partial charge in [-0.05, 0) is 30.5 Å². The Bertz CT molecular complexity index is 1090. The lowest BCUT2D eigenvalue weighted by Gasteiger charge is -2.47. The molecule has 0 bridgehead atoms. The van der Waals surface area contributed by atoms with Gasteiger partial charge in [-0.2, -0.15) is 0 Å². The number of aliphatic hydroxyl groups excluding tert-OH is 6. The zero-order chi connectivity index (χ0) is 34.5. The molecule has 2 heterocycles. The number of phenolic OH excluding ortho intramolecular Hbond substituents is 2. The van der Waals surface area contributed by atoms with Gasteiger partial charge in [-0.1, -0.05) is 25.7 Å². The Morgan fingerprint density at radius 3 is 2.04 bits per heavy atom. The number of carbonyl (C=O) groups is 2. The number of carbonyl (C=O) groups excluding carboxylic acids is 2. The first-order valence-electron chi connectivity index (χ1n) is 15.5. The van der Waals surface area contributed by atoms with Gasteiger partial charge in [-0.3, -0.25) is 4.79 Å². The monoisotopic (exact) mass is 677 g/mol. The molecule has 0 saturated carbocycles. The van der Waals surface area contributed by atoms with Crippen molar-refractivity contribution in [3.63, 3.8) is 0 Å². The number of phenols is 2. The lowest BCUT2D eigenvalue weighted by atomic mass is 9.95. The molecule has 2 fully saturated rings. The minimum Gasteiger partial charge on any atom is -0.508 e. The number of amides is 1. The van der Waals surface area contributed by atoms with Crippen LogP contribution >= 0.6 is 0 Å². The minimum atomic E-state index is -1.82. The van der Waals surface area contributed by atoms with Crippen LogP contribution in [-0.4, -0.2) is 141 Å². The maximum atomic E-state index is 12.8. The number of aromatic hydroxyl groups is 2. The van der Waals surface area contributed by atoms with Crippen molar-refractivity contribution in [1.82, 2.24) is 5.32 Å². The standard InChI is InChI=1S/C30H47NO16/c1-42-21(36)8-6-4-2-3-5-7-9-43-28-22(31-30(41)44-15-16-10-17(34)12-18(35)11-16)24(38)27(20(14-33)46-28)47-29-26(40)25(39)23(37)19(13-32)45-29/h10-12,19-20,22-29,32-35,37-40H,2-9,13-15H2,1H3,(H,31,41)/t19?,20?,22?,23-,24?,25?,26?,27+,28-,29?/m1/s1. The lowest BCUT2D eigenvalue weighted by molar-refractivity contribution is -0.348. The third-order valence-corrected chi connectivity index (χ3v) is 7.89. The molecule has 7 unspecified atom stereocenters. The summed E-state index contributed by atoms with van der Waals surface area (Å²) < 4.78 is 32.6. The smallest absolute Gasteiger partial charge is 0.407 e. The molecule has 1 amide bonds. The fourth-order valence-electron chi connectivity index (χ4n) is 5.31. The highest BCUT2D eigenvalue weighted by Gasteiger charge is 2.51. The van der Waals surface area contributed by atoms with Crippen LogP contribution in [0.3, 0.4) is 0 Å². The van der Waals surface area contributed by atoms with E-state index in [9.17, 15) is 50.4 Å². The summed E-state index contributed by atoms with van der Waals surface area (Å²) in [6, 6.07) is 2.27. The zero-order valence-corrected chi connectivity index (χ0v) is 26.1. The van der Waals surface area contributed by atoms with Crippen LogP contribution in [0.15, 0.2) is 18.2 Å². The van der Waals surface area contributed by atoms with E-state index in [-0.39, 0.29) is 36.2 Å². The number of rotatable bonds is 17. The van der Waals surface area contributed by atoms with Crippen molar-refractivity contribution in [2.75, 3.05) is 26.9 Å². The van der Waals surface area contributed by atoms with Crippen LogP contribution in [0.4, 0.5) is 4.79 Å². The van der Waals surface area contributed by atoms with E-state index >= 15 is 0 Å². The number of hydrogen-bond donors (Lipinski definition) is 9. The zero-order valence-electron chi connectivity index (χ0n) is 26.1. The molecule has 0 radical (unpaired) electrons. The van der Waals surface area contributed by atoms with Crippen LogP contribution in [0.2, 0.25) is 0 Å². The average Bonchev–Trinajstić information content (AvgIpc) is 3.04. The third-order valence-electron chi connectivity index (χ3n) is 7.89. The number of benzene rings is 1. The molecule has 1 aromatic rings. The summed E-state index contributed by atoms with van der Waals surface area (Å²) in [7, 11) is 1.35. The highest BCUT2D eigenvalue weighted by molar-refractivity contribution is 5.69. The molecule has 2 aliphatic heterocycles. The topological polar surface area (TPSA) is 263 Å². The van der Waals surface area contributed by atoms with E-state index in [2.05, 4.69) is 10.1 Å². The highest BCUT2D eigenvalue weighted by atomic mass is 16.7. The minimum absolute atomic E-state index is 0.145. The van der Waals surface area contributed by atoms with E-state index in [0.717, 1.165) is 38.2 Å². The Labute approximate surface area is 271 Å². The first-order valence-corrected chi connectivity index (χ1v) is 15.5. The van der Waals surface area contributed by atoms with Crippen molar-refractivity contribution >= 4 is 12.1 Å². The fraction of sp³-hybridized carbons (Fsp3) is 0.733. The van der Waals surface area contributed by atoms with Crippen molar-refractivity contribution in [1.29, 1.82) is 0 Å². The van der Waals surface area contributed by atoms with E-state index in [1.54, 1.807) is 0 Å². The van der Waals surface area contributed by atoms with Gasteiger partial charge in [0, 0.05) is 19.1 Å². The van der Waals surface area contributed by atoms with E-state index < -0.39 is 80.7 Å². The fourth-order valence-corrected chi connectivity index (χ4v) is 5.31. The number of aliphatic hydroxyl groups is 6. The van der Waals surface area contributed by atoms with Crippen molar-refractivity contribution in [2.24, 2.45) is 0 Å². The Kier molecular flexibility index (Phi) is 15.8. The molecule has 17 heteroatoms. The molecule has 10 atom stereocenters. The van der Waals surface area contributed by atoms with E-state index in [0.29, 0.717) is 12.8 Å². The molecule has 268 valence electrons. The molecule has 47 heavy (non-hydrogen) atoms. The van der Waals surface area contributed by atoms with Crippen molar-refractivity contribution in [3.05, 3.63) is 23.8 Å². The van der Waals surface area contributed by atoms with E-state index in [1.807, 2.05) is 0 Å². The molecule has 2 aliphatic rings. The molecule has 17 nitrogen and oxygen atoms in total. The van der Waals surface area contributed by atoms with Gasteiger partial charge in [-0.25, -0.2) is 4.79 Å². The van der Waals surface area contributed by atoms with E-state index in [4.69, 9.17) is 23.7 Å². The summed E-state index contributed by atoms with van der Waals surface area (Å²) in [5.74, 6) is -0.753.